The Labute approximate surface area is 345 Å². The van der Waals surface area contributed by atoms with E-state index in [-0.39, 0.29) is 47.8 Å². The van der Waals surface area contributed by atoms with Crippen LogP contribution in [0.25, 0.3) is 0 Å². The molecule has 1 saturated heterocycles. The van der Waals surface area contributed by atoms with Crippen LogP contribution in [0.3, 0.4) is 0 Å². The first-order valence-corrected chi connectivity index (χ1v) is 20.9. The van der Waals surface area contributed by atoms with Crippen LogP contribution in [0.4, 0.5) is 0 Å². The van der Waals surface area contributed by atoms with Gasteiger partial charge in [-0.05, 0) is 55.6 Å². The van der Waals surface area contributed by atoms with Gasteiger partial charge >= 0.3 is 0 Å². The number of halogens is 2. The summed E-state index contributed by atoms with van der Waals surface area (Å²) in [5, 5.41) is 11.9. The molecule has 2 heterocycles. The zero-order chi connectivity index (χ0) is 41.9. The van der Waals surface area contributed by atoms with Crippen LogP contribution in [0.2, 0.25) is 10.0 Å². The summed E-state index contributed by atoms with van der Waals surface area (Å²) in [6, 6.07) is 0.312. The largest absolute Gasteiger partial charge is 0.487 e. The zero-order valence-electron chi connectivity index (χ0n) is 33.7. The van der Waals surface area contributed by atoms with Gasteiger partial charge in [0.1, 0.15) is 35.7 Å². The number of likely N-dealkylation sites (tertiary alicyclic amines) is 1. The molecule has 2 aromatic rings. The molecule has 16 heteroatoms. The lowest BCUT2D eigenvalue weighted by atomic mass is 9.82. The van der Waals surface area contributed by atoms with E-state index in [1.54, 1.807) is 32.9 Å². The van der Waals surface area contributed by atoms with Gasteiger partial charge in [-0.3, -0.25) is 33.8 Å². The summed E-state index contributed by atoms with van der Waals surface area (Å²) in [6.45, 7) is 11.2. The second kappa shape index (κ2) is 20.9. The van der Waals surface area contributed by atoms with E-state index in [2.05, 4.69) is 31.2 Å². The molecule has 5 rings (SSSR count). The molecule has 0 spiro atoms. The molecular weight excluding hydrogens is 773 g/mol. The molecule has 2 saturated carbocycles. The average Bonchev–Trinajstić information content (AvgIpc) is 3.92. The predicted molar refractivity (Wildman–Crippen MR) is 217 cm³/mol. The monoisotopic (exact) mass is 829 g/mol. The van der Waals surface area contributed by atoms with Crippen molar-refractivity contribution in [2.24, 2.45) is 11.3 Å². The highest BCUT2D eigenvalue weighted by Crippen LogP contribution is 2.33. The van der Waals surface area contributed by atoms with Crippen LogP contribution in [-0.4, -0.2) is 93.0 Å². The van der Waals surface area contributed by atoms with Gasteiger partial charge in [0.15, 0.2) is 0 Å². The second-order valence-electron chi connectivity index (χ2n) is 15.8. The van der Waals surface area contributed by atoms with E-state index in [1.165, 1.54) is 29.6 Å². The van der Waals surface area contributed by atoms with Crippen molar-refractivity contribution in [3.8, 4) is 5.75 Å². The third kappa shape index (κ3) is 12.6. The van der Waals surface area contributed by atoms with Gasteiger partial charge in [0.05, 0.1) is 23.8 Å². The van der Waals surface area contributed by atoms with E-state index in [1.807, 2.05) is 20.8 Å². The van der Waals surface area contributed by atoms with Gasteiger partial charge in [-0.25, -0.2) is 4.98 Å². The third-order valence-electron chi connectivity index (χ3n) is 10.3. The normalized spacial score (nSPS) is 19.8. The van der Waals surface area contributed by atoms with Crippen LogP contribution < -0.4 is 26.0 Å². The third-order valence-corrected chi connectivity index (χ3v) is 10.8. The molecule has 2 unspecified atom stereocenters. The van der Waals surface area contributed by atoms with Gasteiger partial charge in [-0.1, -0.05) is 90.4 Å². The fourth-order valence-corrected chi connectivity index (χ4v) is 7.46. The van der Waals surface area contributed by atoms with Crippen LogP contribution in [0.1, 0.15) is 116 Å². The summed E-state index contributed by atoms with van der Waals surface area (Å²) in [7, 11) is 0. The van der Waals surface area contributed by atoms with Gasteiger partial charge in [-0.15, -0.1) is 0 Å². The van der Waals surface area contributed by atoms with E-state index in [0.29, 0.717) is 24.3 Å². The van der Waals surface area contributed by atoms with Crippen LogP contribution in [-0.2, 0) is 24.0 Å². The molecule has 2 aliphatic carbocycles. The number of carbonyl (C=O) groups is 6. The Kier molecular flexibility index (Phi) is 16.7. The molecule has 5 atom stereocenters. The zero-order valence-corrected chi connectivity index (χ0v) is 35.3. The van der Waals surface area contributed by atoms with Gasteiger partial charge in [0.25, 0.3) is 11.8 Å². The Morgan fingerprint density at radius 1 is 0.947 bits per heavy atom. The second-order valence-corrected chi connectivity index (χ2v) is 16.6. The first-order chi connectivity index (χ1) is 27.2. The van der Waals surface area contributed by atoms with Gasteiger partial charge < -0.3 is 30.9 Å². The molecule has 1 aliphatic heterocycles. The van der Waals surface area contributed by atoms with Crippen molar-refractivity contribution in [2.45, 2.75) is 142 Å². The number of benzene rings is 1. The minimum absolute atomic E-state index is 0.0192. The highest BCUT2D eigenvalue weighted by Gasteiger charge is 2.47. The predicted octanol–water partition coefficient (Wildman–Crippen LogP) is 5.20. The van der Waals surface area contributed by atoms with E-state index >= 15 is 0 Å². The van der Waals surface area contributed by atoms with Crippen molar-refractivity contribution in [2.75, 3.05) is 6.54 Å². The molecule has 1 aromatic carbocycles. The number of ketones is 1. The van der Waals surface area contributed by atoms with Crippen LogP contribution in [0, 0.1) is 11.3 Å². The smallest absolute Gasteiger partial charge is 0.289 e. The lowest BCUT2D eigenvalue weighted by Crippen LogP contribution is -2.62. The maximum atomic E-state index is 14.8. The minimum Gasteiger partial charge on any atom is -0.487 e. The molecule has 14 nitrogen and oxygen atoms in total. The topological polar surface area (TPSA) is 189 Å². The maximum Gasteiger partial charge on any atom is 0.289 e. The number of aromatic nitrogens is 2. The molecule has 1 aromatic heterocycles. The lowest BCUT2D eigenvalue weighted by Gasteiger charge is -2.37. The Hall–Kier alpha value is -4.30. The number of Topliss-reactive ketones (excluding diaryl/α,β-unsaturated/α-hetero) is 1. The number of amides is 5. The molecule has 4 N–H and O–H groups in total. The van der Waals surface area contributed by atoms with E-state index in [0.717, 1.165) is 32.1 Å². The molecule has 0 bridgehead atoms. The van der Waals surface area contributed by atoms with Crippen molar-refractivity contribution < 1.29 is 33.5 Å². The van der Waals surface area contributed by atoms with Crippen LogP contribution >= 0.6 is 23.2 Å². The number of rotatable bonds is 15. The Balaban J connectivity index is 0.00000354. The van der Waals surface area contributed by atoms with Crippen LogP contribution in [0.15, 0.2) is 36.8 Å². The number of ether oxygens (including phenoxy) is 1. The summed E-state index contributed by atoms with van der Waals surface area (Å²) in [5.41, 5.74) is -0.808. The fourth-order valence-electron chi connectivity index (χ4n) is 7.13. The van der Waals surface area contributed by atoms with Gasteiger partial charge in [0.2, 0.25) is 23.5 Å². The molecule has 57 heavy (non-hydrogen) atoms. The number of hydrogen-bond donors (Lipinski definition) is 4. The quantitative estimate of drug-likeness (QED) is 0.175. The average molecular weight is 831 g/mol. The molecule has 3 fully saturated rings. The molecule has 0 radical (unpaired) electrons. The summed E-state index contributed by atoms with van der Waals surface area (Å²) >= 11 is 12.6. The fraction of sp³-hybridized carbons (Fsp3) is 0.610. The summed E-state index contributed by atoms with van der Waals surface area (Å²) < 4.78 is 6.22. The standard InChI is InChI=1S/C39H51Cl2N7O7.C2H6/c1-5-9-27(32(49)37(53)44-24-13-14-24)45-35(51)29-19-25(55-30-18-23(40)12-15-26(30)41)21-48(29)38(54)33(39(2,3)4)47-36(52)31(22-10-7-6-8-11-22)46-34(50)28-20-42-16-17-43-28;1-2/h12,15-18,20,22,24-25,27,29,31,33H,5-11,13-14,19,21H2,1-4H3,(H,44,53)(H,45,51)(H,46,50)(H,47,52);1-2H3/t25-,27+,29?,31?,33-;/m1./s1. The molecule has 5 amide bonds. The van der Waals surface area contributed by atoms with E-state index in [4.69, 9.17) is 27.9 Å². The highest BCUT2D eigenvalue weighted by molar-refractivity contribution is 6.38. The van der Waals surface area contributed by atoms with Crippen molar-refractivity contribution in [3.05, 3.63) is 52.5 Å². The SMILES string of the molecule is CC.CCC[C@H](NC(=O)C1C[C@@H](Oc2cc(Cl)ccc2Cl)CN1C(=O)[C@@H](NC(=O)C(NC(=O)c1cnccn1)C1CCCCC1)C(C)(C)C)C(=O)C(=O)NC1CC1. The van der Waals surface area contributed by atoms with Crippen molar-refractivity contribution in [1.82, 2.24) is 36.1 Å². The number of hydrogen-bond acceptors (Lipinski definition) is 9. The van der Waals surface area contributed by atoms with E-state index < -0.39 is 71.0 Å². The lowest BCUT2D eigenvalue weighted by molar-refractivity contribution is -0.145. The van der Waals surface area contributed by atoms with Crippen molar-refractivity contribution in [1.29, 1.82) is 0 Å². The van der Waals surface area contributed by atoms with E-state index in [9.17, 15) is 28.8 Å². The van der Waals surface area contributed by atoms with Crippen molar-refractivity contribution in [3.63, 3.8) is 0 Å². The summed E-state index contributed by atoms with van der Waals surface area (Å²) in [5.74, 6) is -3.73. The summed E-state index contributed by atoms with van der Waals surface area (Å²) in [6.07, 6.45) is 9.98. The Morgan fingerprint density at radius 2 is 1.65 bits per heavy atom. The van der Waals surface area contributed by atoms with Gasteiger partial charge in [-0.2, -0.15) is 0 Å². The maximum absolute atomic E-state index is 14.8. The Morgan fingerprint density at radius 3 is 2.26 bits per heavy atom. The highest BCUT2D eigenvalue weighted by atomic mass is 35.5. The first-order valence-electron chi connectivity index (χ1n) is 20.1. The molecule has 3 aliphatic rings. The van der Waals surface area contributed by atoms with Crippen LogP contribution in [0.5, 0.6) is 5.75 Å². The summed E-state index contributed by atoms with van der Waals surface area (Å²) in [4.78, 5) is 91.8. The Bertz CT molecular complexity index is 1730. The van der Waals surface area contributed by atoms with Gasteiger partial charge in [0, 0.05) is 35.9 Å². The minimum atomic E-state index is -1.15. The number of nitrogens with zero attached hydrogens (tertiary/aromatic N) is 3. The number of nitrogens with one attached hydrogen (secondary N) is 4. The molecular formula is C41H57Cl2N7O7. The first kappa shape index (κ1) is 45.4. The van der Waals surface area contributed by atoms with Crippen molar-refractivity contribution >= 4 is 58.5 Å². The number of carbonyl (C=O) groups excluding carboxylic acids is 6. The molecule has 312 valence electrons.